The van der Waals surface area contributed by atoms with Gasteiger partial charge in [-0.25, -0.2) is 9.48 Å². The van der Waals surface area contributed by atoms with E-state index in [1.54, 1.807) is 15.8 Å². The maximum Gasteiger partial charge on any atom is 0.410 e. The molecule has 1 aromatic heterocycles. The molecule has 7 nitrogen and oxygen atoms in total. The summed E-state index contributed by atoms with van der Waals surface area (Å²) in [5, 5.41) is 4.47. The van der Waals surface area contributed by atoms with Crippen molar-refractivity contribution >= 4 is 11.9 Å². The highest BCUT2D eigenvalue weighted by Gasteiger charge is 2.34. The van der Waals surface area contributed by atoms with Crippen LogP contribution in [0.2, 0.25) is 0 Å². The van der Waals surface area contributed by atoms with Crippen LogP contribution in [0.5, 0.6) is 0 Å². The van der Waals surface area contributed by atoms with Crippen molar-refractivity contribution in [3.8, 4) is 0 Å². The number of carbonyl (C=O) groups excluding carboxylic acids is 1. The minimum atomic E-state index is -0.509. The van der Waals surface area contributed by atoms with Crippen molar-refractivity contribution in [1.82, 2.24) is 14.7 Å². The summed E-state index contributed by atoms with van der Waals surface area (Å²) in [7, 11) is 0. The molecule has 140 valence electrons. The van der Waals surface area contributed by atoms with Gasteiger partial charge in [0.1, 0.15) is 11.4 Å². The van der Waals surface area contributed by atoms with E-state index in [2.05, 4.69) is 5.10 Å². The van der Waals surface area contributed by atoms with Crippen LogP contribution in [0.25, 0.3) is 0 Å². The van der Waals surface area contributed by atoms with Gasteiger partial charge in [0.05, 0.1) is 12.2 Å². The average molecular weight is 350 g/mol. The fourth-order valence-electron chi connectivity index (χ4n) is 3.58. The Labute approximate surface area is 149 Å². The normalized spacial score (nSPS) is 25.0. The Morgan fingerprint density at radius 1 is 1.28 bits per heavy atom. The Kier molecular flexibility index (Phi) is 5.22. The van der Waals surface area contributed by atoms with Crippen LogP contribution in [0.3, 0.4) is 0 Å². The van der Waals surface area contributed by atoms with Gasteiger partial charge in [-0.1, -0.05) is 0 Å². The van der Waals surface area contributed by atoms with Gasteiger partial charge < -0.3 is 20.1 Å². The maximum absolute atomic E-state index is 12.6. The third-order valence-electron chi connectivity index (χ3n) is 4.78. The highest BCUT2D eigenvalue weighted by molar-refractivity contribution is 5.69. The molecule has 1 amide bonds. The van der Waals surface area contributed by atoms with E-state index in [0.717, 1.165) is 50.7 Å². The van der Waals surface area contributed by atoms with Gasteiger partial charge in [-0.3, -0.25) is 0 Å². The molecule has 2 atom stereocenters. The Bertz CT molecular complexity index is 602. The lowest BCUT2D eigenvalue weighted by Crippen LogP contribution is -2.42. The number of rotatable bonds is 2. The maximum atomic E-state index is 12.6. The van der Waals surface area contributed by atoms with E-state index >= 15 is 0 Å². The average Bonchev–Trinajstić information content (AvgIpc) is 2.95. The van der Waals surface area contributed by atoms with E-state index in [9.17, 15) is 4.79 Å². The van der Waals surface area contributed by atoms with Crippen molar-refractivity contribution in [2.24, 2.45) is 0 Å². The standard InChI is InChI=1S/C18H30N4O3/c1-18(2,3)25-17(23)21-10-6-4-8-14(21)13-12-20-22(16(13)19)15-9-5-7-11-24-15/h12,14-15H,4-11,19H2,1-3H3. The molecule has 7 heteroatoms. The van der Waals surface area contributed by atoms with E-state index in [4.69, 9.17) is 15.2 Å². The molecule has 0 aliphatic carbocycles. The summed E-state index contributed by atoms with van der Waals surface area (Å²) >= 11 is 0. The van der Waals surface area contributed by atoms with Gasteiger partial charge in [0.2, 0.25) is 0 Å². The molecule has 0 radical (unpaired) electrons. The number of nitrogens with zero attached hydrogens (tertiary/aromatic N) is 3. The first-order chi connectivity index (χ1) is 11.9. The summed E-state index contributed by atoms with van der Waals surface area (Å²) in [5.74, 6) is 0.604. The Hall–Kier alpha value is -1.76. The molecule has 2 unspecified atom stereocenters. The first kappa shape index (κ1) is 18.0. The summed E-state index contributed by atoms with van der Waals surface area (Å²) in [6.45, 7) is 7.08. The molecule has 25 heavy (non-hydrogen) atoms. The molecule has 2 aliphatic heterocycles. The largest absolute Gasteiger partial charge is 0.444 e. The zero-order valence-corrected chi connectivity index (χ0v) is 15.5. The van der Waals surface area contributed by atoms with Crippen molar-refractivity contribution in [1.29, 1.82) is 0 Å². The van der Waals surface area contributed by atoms with E-state index in [1.165, 1.54) is 0 Å². The number of aromatic nitrogens is 2. The van der Waals surface area contributed by atoms with Gasteiger partial charge in [-0.2, -0.15) is 5.10 Å². The van der Waals surface area contributed by atoms with Gasteiger partial charge >= 0.3 is 6.09 Å². The monoisotopic (exact) mass is 350 g/mol. The Morgan fingerprint density at radius 3 is 2.72 bits per heavy atom. The number of likely N-dealkylation sites (tertiary alicyclic amines) is 1. The number of nitrogens with two attached hydrogens (primary N) is 1. The van der Waals surface area contributed by atoms with Crippen molar-refractivity contribution in [2.75, 3.05) is 18.9 Å². The summed E-state index contributed by atoms with van der Waals surface area (Å²) in [5.41, 5.74) is 6.79. The smallest absolute Gasteiger partial charge is 0.410 e. The van der Waals surface area contributed by atoms with Gasteiger partial charge in [0, 0.05) is 18.7 Å². The van der Waals surface area contributed by atoms with Crippen LogP contribution in [0, 0.1) is 0 Å². The summed E-state index contributed by atoms with van der Waals surface area (Å²) < 4.78 is 13.2. The first-order valence-corrected chi connectivity index (χ1v) is 9.31. The Morgan fingerprint density at radius 2 is 2.04 bits per heavy atom. The second-order valence-corrected chi connectivity index (χ2v) is 7.94. The van der Waals surface area contributed by atoms with Crippen LogP contribution < -0.4 is 5.73 Å². The fraction of sp³-hybridized carbons (Fsp3) is 0.778. The SMILES string of the molecule is CC(C)(C)OC(=O)N1CCCCC1c1cnn(C2CCCCO2)c1N. The minimum Gasteiger partial charge on any atom is -0.444 e. The number of amides is 1. The Balaban J connectivity index is 1.80. The van der Waals surface area contributed by atoms with Crippen molar-refractivity contribution < 1.29 is 14.3 Å². The van der Waals surface area contributed by atoms with Gasteiger partial charge in [0.15, 0.2) is 6.23 Å². The lowest BCUT2D eigenvalue weighted by Gasteiger charge is -2.36. The number of carbonyl (C=O) groups is 1. The molecule has 0 saturated carbocycles. The number of piperidine rings is 1. The van der Waals surface area contributed by atoms with Crippen molar-refractivity contribution in [3.63, 3.8) is 0 Å². The second-order valence-electron chi connectivity index (χ2n) is 7.94. The van der Waals surface area contributed by atoms with Crippen LogP contribution in [-0.4, -0.2) is 39.5 Å². The molecule has 0 aromatic carbocycles. The van der Waals surface area contributed by atoms with Crippen LogP contribution in [0.1, 0.15) is 77.1 Å². The number of hydrogen-bond acceptors (Lipinski definition) is 5. The van der Waals surface area contributed by atoms with Crippen LogP contribution in [-0.2, 0) is 9.47 Å². The molecule has 0 spiro atoms. The summed E-state index contributed by atoms with van der Waals surface area (Å²) in [6, 6.07) is -0.0825. The molecule has 1 aromatic rings. The van der Waals surface area contributed by atoms with E-state index < -0.39 is 5.60 Å². The van der Waals surface area contributed by atoms with Gasteiger partial charge in [0.25, 0.3) is 0 Å². The summed E-state index contributed by atoms with van der Waals surface area (Å²) in [4.78, 5) is 14.4. The third-order valence-corrected chi connectivity index (χ3v) is 4.78. The lowest BCUT2D eigenvalue weighted by atomic mass is 9.97. The topological polar surface area (TPSA) is 82.6 Å². The number of anilines is 1. The van der Waals surface area contributed by atoms with E-state index in [0.29, 0.717) is 12.4 Å². The zero-order chi connectivity index (χ0) is 18.0. The molecule has 2 fully saturated rings. The quantitative estimate of drug-likeness (QED) is 0.881. The first-order valence-electron chi connectivity index (χ1n) is 9.31. The molecular formula is C18H30N4O3. The molecule has 2 N–H and O–H groups in total. The lowest BCUT2D eigenvalue weighted by molar-refractivity contribution is -0.0380. The molecule has 3 heterocycles. The molecule has 2 aliphatic rings. The number of nitrogen functional groups attached to an aromatic ring is 1. The predicted molar refractivity (Wildman–Crippen MR) is 95.0 cm³/mol. The highest BCUT2D eigenvalue weighted by atomic mass is 16.6. The molecule has 2 saturated heterocycles. The second kappa shape index (κ2) is 7.23. The predicted octanol–water partition coefficient (Wildman–Crippen LogP) is 3.63. The van der Waals surface area contributed by atoms with E-state index in [1.807, 2.05) is 20.8 Å². The van der Waals surface area contributed by atoms with E-state index in [-0.39, 0.29) is 18.4 Å². The minimum absolute atomic E-state index is 0.0825. The highest BCUT2D eigenvalue weighted by Crippen LogP contribution is 2.36. The molecular weight excluding hydrogens is 320 g/mol. The third kappa shape index (κ3) is 4.08. The van der Waals surface area contributed by atoms with Crippen LogP contribution in [0.4, 0.5) is 10.6 Å². The van der Waals surface area contributed by atoms with Crippen molar-refractivity contribution in [2.45, 2.75) is 77.2 Å². The van der Waals surface area contributed by atoms with Crippen molar-refractivity contribution in [3.05, 3.63) is 11.8 Å². The molecule has 0 bridgehead atoms. The zero-order valence-electron chi connectivity index (χ0n) is 15.5. The van der Waals surface area contributed by atoms with Gasteiger partial charge in [-0.05, 0) is 59.3 Å². The number of hydrogen-bond donors (Lipinski definition) is 1. The van der Waals surface area contributed by atoms with Crippen LogP contribution >= 0.6 is 0 Å². The fourth-order valence-corrected chi connectivity index (χ4v) is 3.58. The number of ether oxygens (including phenoxy) is 2. The molecule has 3 rings (SSSR count). The summed E-state index contributed by atoms with van der Waals surface area (Å²) in [6.07, 6.45) is 7.46. The van der Waals surface area contributed by atoms with Gasteiger partial charge in [-0.15, -0.1) is 0 Å². The van der Waals surface area contributed by atoms with Crippen LogP contribution in [0.15, 0.2) is 6.20 Å².